The lowest BCUT2D eigenvalue weighted by Crippen LogP contribution is -2.19. The van der Waals surface area contributed by atoms with Gasteiger partial charge in [-0.1, -0.05) is 12.1 Å². The van der Waals surface area contributed by atoms with Crippen molar-refractivity contribution in [1.82, 2.24) is 10.2 Å². The van der Waals surface area contributed by atoms with E-state index in [-0.39, 0.29) is 10.6 Å². The fraction of sp³-hybridized carbons (Fsp3) is 0.154. The minimum Gasteiger partial charge on any atom is -0.327 e. The van der Waals surface area contributed by atoms with Crippen LogP contribution in [0.4, 0.5) is 11.5 Å². The number of anilines is 1. The first-order valence-corrected chi connectivity index (χ1v) is 5.88. The van der Waals surface area contributed by atoms with Gasteiger partial charge in [0.15, 0.2) is 5.82 Å². The van der Waals surface area contributed by atoms with Crippen molar-refractivity contribution < 1.29 is 4.92 Å². The number of fused-ring (bicyclic) bond motifs is 1. The first kappa shape index (κ1) is 11.5. The van der Waals surface area contributed by atoms with Crippen LogP contribution < -0.4 is 4.90 Å². The third kappa shape index (κ3) is 1.97. The van der Waals surface area contributed by atoms with Crippen molar-refractivity contribution in [2.75, 3.05) is 4.90 Å². The molecule has 0 aliphatic carbocycles. The van der Waals surface area contributed by atoms with Crippen LogP contribution in [0.2, 0.25) is 0 Å². The third-order valence-electron chi connectivity index (χ3n) is 3.12. The standard InChI is InChI=1S/C13H12N4O2/c1-9-7-13(15-14-9)16-6-5-11-10(8-16)3-2-4-12(11)17(18)19/h2-7H,8H2,1H3,(H,14,15). The molecule has 0 atom stereocenters. The maximum absolute atomic E-state index is 11.0. The van der Waals surface area contributed by atoms with Crippen molar-refractivity contribution in [3.8, 4) is 0 Å². The van der Waals surface area contributed by atoms with E-state index in [1.165, 1.54) is 6.07 Å². The Bertz CT molecular complexity index is 675. The lowest BCUT2D eigenvalue weighted by Gasteiger charge is -2.22. The molecule has 0 saturated heterocycles. The molecule has 0 spiro atoms. The summed E-state index contributed by atoms with van der Waals surface area (Å²) in [6.45, 7) is 2.51. The molecule has 2 heterocycles. The number of aromatic amines is 1. The van der Waals surface area contributed by atoms with E-state index in [4.69, 9.17) is 0 Å². The van der Waals surface area contributed by atoms with Crippen LogP contribution in [0.15, 0.2) is 30.5 Å². The predicted molar refractivity (Wildman–Crippen MR) is 71.6 cm³/mol. The highest BCUT2D eigenvalue weighted by atomic mass is 16.6. The summed E-state index contributed by atoms with van der Waals surface area (Å²) >= 11 is 0. The number of nitro groups is 1. The molecule has 3 rings (SSSR count). The molecule has 0 saturated carbocycles. The maximum atomic E-state index is 11.0. The van der Waals surface area contributed by atoms with Crippen molar-refractivity contribution in [1.29, 1.82) is 0 Å². The molecule has 6 nitrogen and oxygen atoms in total. The van der Waals surface area contributed by atoms with E-state index in [1.54, 1.807) is 12.1 Å². The van der Waals surface area contributed by atoms with Gasteiger partial charge in [-0.15, -0.1) is 0 Å². The molecular formula is C13H12N4O2. The number of nitrogens with zero attached hydrogens (tertiary/aromatic N) is 3. The number of rotatable bonds is 2. The molecule has 0 unspecified atom stereocenters. The molecule has 1 aromatic heterocycles. The summed E-state index contributed by atoms with van der Waals surface area (Å²) in [6.07, 6.45) is 3.59. The smallest absolute Gasteiger partial charge is 0.276 e. The van der Waals surface area contributed by atoms with E-state index >= 15 is 0 Å². The Balaban J connectivity index is 1.98. The van der Waals surface area contributed by atoms with Crippen LogP contribution in [-0.2, 0) is 6.54 Å². The summed E-state index contributed by atoms with van der Waals surface area (Å²) in [5.41, 5.74) is 2.73. The van der Waals surface area contributed by atoms with Crippen LogP contribution in [-0.4, -0.2) is 15.1 Å². The molecule has 0 fully saturated rings. The minimum absolute atomic E-state index is 0.145. The molecule has 1 aliphatic rings. The van der Waals surface area contributed by atoms with E-state index in [9.17, 15) is 10.1 Å². The Hall–Kier alpha value is -2.63. The Morgan fingerprint density at radius 2 is 2.32 bits per heavy atom. The highest BCUT2D eigenvalue weighted by Crippen LogP contribution is 2.30. The van der Waals surface area contributed by atoms with Crippen LogP contribution >= 0.6 is 0 Å². The average molecular weight is 256 g/mol. The van der Waals surface area contributed by atoms with Crippen LogP contribution in [0, 0.1) is 17.0 Å². The second kappa shape index (κ2) is 4.24. The molecule has 0 bridgehead atoms. The SMILES string of the molecule is Cc1cc(N2C=Cc3c(cccc3[N+](=O)[O-])C2)n[nH]1. The van der Waals surface area contributed by atoms with Crippen LogP contribution in [0.3, 0.4) is 0 Å². The van der Waals surface area contributed by atoms with Gasteiger partial charge in [-0.25, -0.2) is 0 Å². The third-order valence-corrected chi connectivity index (χ3v) is 3.12. The molecular weight excluding hydrogens is 244 g/mol. The quantitative estimate of drug-likeness (QED) is 0.662. The normalized spacial score (nSPS) is 13.4. The second-order valence-electron chi connectivity index (χ2n) is 4.46. The summed E-state index contributed by atoms with van der Waals surface area (Å²) in [7, 11) is 0. The number of benzene rings is 1. The predicted octanol–water partition coefficient (Wildman–Crippen LogP) is 2.62. The van der Waals surface area contributed by atoms with Gasteiger partial charge < -0.3 is 4.90 Å². The van der Waals surface area contributed by atoms with Crippen molar-refractivity contribution in [2.24, 2.45) is 0 Å². The molecule has 1 aliphatic heterocycles. The number of aromatic nitrogens is 2. The van der Waals surface area contributed by atoms with E-state index in [0.29, 0.717) is 12.1 Å². The monoisotopic (exact) mass is 256 g/mol. The zero-order valence-electron chi connectivity index (χ0n) is 10.3. The highest BCUT2D eigenvalue weighted by Gasteiger charge is 2.20. The van der Waals surface area contributed by atoms with Gasteiger partial charge in [0, 0.05) is 30.6 Å². The van der Waals surface area contributed by atoms with Gasteiger partial charge >= 0.3 is 0 Å². The molecule has 6 heteroatoms. The second-order valence-corrected chi connectivity index (χ2v) is 4.46. The van der Waals surface area contributed by atoms with Crippen molar-refractivity contribution in [3.05, 3.63) is 57.4 Å². The first-order valence-electron chi connectivity index (χ1n) is 5.88. The number of aryl methyl sites for hydroxylation is 1. The summed E-state index contributed by atoms with van der Waals surface area (Å²) in [5.74, 6) is 0.811. The van der Waals surface area contributed by atoms with Crippen molar-refractivity contribution >= 4 is 17.6 Å². The van der Waals surface area contributed by atoms with Crippen molar-refractivity contribution in [2.45, 2.75) is 13.5 Å². The van der Waals surface area contributed by atoms with E-state index in [2.05, 4.69) is 10.2 Å². The van der Waals surface area contributed by atoms with Crippen LogP contribution in [0.25, 0.3) is 6.08 Å². The summed E-state index contributed by atoms with van der Waals surface area (Å²) in [6, 6.07) is 7.08. The van der Waals surface area contributed by atoms with Gasteiger partial charge in [0.25, 0.3) is 5.69 Å². The number of hydrogen-bond donors (Lipinski definition) is 1. The number of nitro benzene ring substituents is 1. The molecule has 1 aromatic carbocycles. The largest absolute Gasteiger partial charge is 0.327 e. The molecule has 19 heavy (non-hydrogen) atoms. The summed E-state index contributed by atoms with van der Waals surface area (Å²) in [4.78, 5) is 12.6. The van der Waals surface area contributed by atoms with E-state index < -0.39 is 0 Å². The van der Waals surface area contributed by atoms with Gasteiger partial charge in [-0.3, -0.25) is 15.2 Å². The number of nitrogens with one attached hydrogen (secondary N) is 1. The summed E-state index contributed by atoms with van der Waals surface area (Å²) < 4.78 is 0. The van der Waals surface area contributed by atoms with Gasteiger partial charge in [0.1, 0.15) is 0 Å². The lowest BCUT2D eigenvalue weighted by atomic mass is 10.0. The molecule has 0 radical (unpaired) electrons. The lowest BCUT2D eigenvalue weighted by molar-refractivity contribution is -0.385. The zero-order valence-corrected chi connectivity index (χ0v) is 10.3. The van der Waals surface area contributed by atoms with Gasteiger partial charge in [0.05, 0.1) is 10.5 Å². The van der Waals surface area contributed by atoms with Gasteiger partial charge in [-0.05, 0) is 18.6 Å². The van der Waals surface area contributed by atoms with E-state index in [1.807, 2.05) is 30.2 Å². The van der Waals surface area contributed by atoms with Crippen molar-refractivity contribution in [3.63, 3.8) is 0 Å². The average Bonchev–Trinajstić information content (AvgIpc) is 2.84. The molecule has 2 aromatic rings. The minimum atomic E-state index is -0.350. The highest BCUT2D eigenvalue weighted by molar-refractivity contribution is 5.69. The number of H-pyrrole nitrogens is 1. The molecule has 0 amide bonds. The fourth-order valence-electron chi connectivity index (χ4n) is 2.20. The topological polar surface area (TPSA) is 75.1 Å². The summed E-state index contributed by atoms with van der Waals surface area (Å²) in [5, 5.41) is 18.0. The first-order chi connectivity index (χ1) is 9.15. The molecule has 1 N–H and O–H groups in total. The van der Waals surface area contributed by atoms with Gasteiger partial charge in [-0.2, -0.15) is 5.10 Å². The van der Waals surface area contributed by atoms with Crippen LogP contribution in [0.5, 0.6) is 0 Å². The van der Waals surface area contributed by atoms with E-state index in [0.717, 1.165) is 17.1 Å². The Labute approximate surface area is 109 Å². The zero-order chi connectivity index (χ0) is 13.4. The van der Waals surface area contributed by atoms with Crippen LogP contribution in [0.1, 0.15) is 16.8 Å². The molecule has 96 valence electrons. The van der Waals surface area contributed by atoms with Gasteiger partial charge in [0.2, 0.25) is 0 Å². The Morgan fingerprint density at radius 3 is 3.00 bits per heavy atom. The Morgan fingerprint density at radius 1 is 1.47 bits per heavy atom. The fourth-order valence-corrected chi connectivity index (χ4v) is 2.20. The maximum Gasteiger partial charge on any atom is 0.276 e. The number of hydrogen-bond acceptors (Lipinski definition) is 4. The Kier molecular flexibility index (Phi) is 2.56.